The number of nitrogens with one attached hydrogen (secondary N) is 1. The summed E-state index contributed by atoms with van der Waals surface area (Å²) in [7, 11) is 2.89. The monoisotopic (exact) mass is 487 g/mol. The SMILES string of the molecule is COC(=O)c1ccc(COc2ccc(/C=N/N3C(=O)NC(C)(c4ccc(OC)cc4)C3=O)cc2)cc1. The highest BCUT2D eigenvalue weighted by Crippen LogP contribution is 2.30. The third kappa shape index (κ3) is 5.05. The number of ether oxygens (including phenoxy) is 3. The van der Waals surface area contributed by atoms with Crippen molar-refractivity contribution in [2.75, 3.05) is 14.2 Å². The van der Waals surface area contributed by atoms with E-state index in [1.807, 2.05) is 0 Å². The number of amides is 3. The molecular formula is C27H25N3O6. The molecule has 184 valence electrons. The summed E-state index contributed by atoms with van der Waals surface area (Å²) in [6.07, 6.45) is 1.44. The fourth-order valence-corrected chi connectivity index (χ4v) is 3.65. The van der Waals surface area contributed by atoms with Crippen LogP contribution in [0.4, 0.5) is 4.79 Å². The van der Waals surface area contributed by atoms with E-state index < -0.39 is 23.4 Å². The predicted molar refractivity (Wildman–Crippen MR) is 132 cm³/mol. The Morgan fingerprint density at radius 1 is 0.944 bits per heavy atom. The second-order valence-corrected chi connectivity index (χ2v) is 8.19. The smallest absolute Gasteiger partial charge is 0.346 e. The number of methoxy groups -OCH3 is 2. The Hall–Kier alpha value is -4.66. The molecule has 1 aliphatic rings. The van der Waals surface area contributed by atoms with E-state index in [0.29, 0.717) is 34.8 Å². The first-order valence-electron chi connectivity index (χ1n) is 11.1. The lowest BCUT2D eigenvalue weighted by Crippen LogP contribution is -2.40. The number of carbonyl (C=O) groups is 3. The van der Waals surface area contributed by atoms with Crippen LogP contribution in [-0.2, 0) is 21.7 Å². The Labute approximate surface area is 208 Å². The number of rotatable bonds is 8. The zero-order valence-corrected chi connectivity index (χ0v) is 20.1. The molecule has 1 saturated heterocycles. The van der Waals surface area contributed by atoms with Gasteiger partial charge in [0.15, 0.2) is 0 Å². The lowest BCUT2D eigenvalue weighted by molar-refractivity contribution is -0.131. The van der Waals surface area contributed by atoms with Crippen LogP contribution in [0.1, 0.15) is 34.0 Å². The molecular weight excluding hydrogens is 462 g/mol. The predicted octanol–water partition coefficient (Wildman–Crippen LogP) is 3.86. The van der Waals surface area contributed by atoms with Crippen molar-refractivity contribution in [2.24, 2.45) is 5.10 Å². The molecule has 9 heteroatoms. The minimum Gasteiger partial charge on any atom is -0.497 e. The highest BCUT2D eigenvalue weighted by atomic mass is 16.5. The molecule has 0 aromatic heterocycles. The van der Waals surface area contributed by atoms with E-state index in [0.717, 1.165) is 10.6 Å². The van der Waals surface area contributed by atoms with Crippen molar-refractivity contribution in [1.82, 2.24) is 10.3 Å². The van der Waals surface area contributed by atoms with Crippen LogP contribution in [0.2, 0.25) is 0 Å². The number of carbonyl (C=O) groups excluding carboxylic acids is 3. The van der Waals surface area contributed by atoms with Crippen molar-refractivity contribution < 1.29 is 28.6 Å². The number of benzene rings is 3. The molecule has 1 fully saturated rings. The molecule has 0 saturated carbocycles. The molecule has 1 unspecified atom stereocenters. The first-order chi connectivity index (χ1) is 17.3. The van der Waals surface area contributed by atoms with Gasteiger partial charge >= 0.3 is 12.0 Å². The van der Waals surface area contributed by atoms with E-state index >= 15 is 0 Å². The second kappa shape index (κ2) is 10.3. The summed E-state index contributed by atoms with van der Waals surface area (Å²) in [5.74, 6) is 0.412. The maximum Gasteiger partial charge on any atom is 0.346 e. The van der Waals surface area contributed by atoms with E-state index in [1.54, 1.807) is 86.8 Å². The molecule has 1 N–H and O–H groups in total. The summed E-state index contributed by atoms with van der Waals surface area (Å²) in [5, 5.41) is 7.64. The van der Waals surface area contributed by atoms with Crippen LogP contribution in [0.3, 0.4) is 0 Å². The van der Waals surface area contributed by atoms with E-state index in [-0.39, 0.29) is 0 Å². The topological polar surface area (TPSA) is 107 Å². The summed E-state index contributed by atoms with van der Waals surface area (Å²) in [6.45, 7) is 1.96. The number of urea groups is 1. The minimum atomic E-state index is -1.23. The first-order valence-corrected chi connectivity index (χ1v) is 11.1. The van der Waals surface area contributed by atoms with E-state index in [9.17, 15) is 14.4 Å². The fraction of sp³-hybridized carbons (Fsp3) is 0.185. The molecule has 0 radical (unpaired) electrons. The molecule has 36 heavy (non-hydrogen) atoms. The van der Waals surface area contributed by atoms with Crippen LogP contribution in [0, 0.1) is 0 Å². The molecule has 1 aliphatic heterocycles. The van der Waals surface area contributed by atoms with Crippen LogP contribution in [-0.4, -0.2) is 43.4 Å². The first kappa shape index (κ1) is 24.5. The third-order valence-corrected chi connectivity index (χ3v) is 5.82. The maximum absolute atomic E-state index is 13.0. The van der Waals surface area contributed by atoms with Crippen molar-refractivity contribution in [3.8, 4) is 11.5 Å². The Kier molecular flexibility index (Phi) is 7.00. The molecule has 1 heterocycles. The van der Waals surface area contributed by atoms with Crippen LogP contribution in [0.25, 0.3) is 0 Å². The largest absolute Gasteiger partial charge is 0.497 e. The molecule has 3 aromatic carbocycles. The van der Waals surface area contributed by atoms with Gasteiger partial charge in [-0.1, -0.05) is 24.3 Å². The summed E-state index contributed by atoms with van der Waals surface area (Å²) in [4.78, 5) is 37.0. The highest BCUT2D eigenvalue weighted by molar-refractivity contribution is 6.07. The molecule has 0 bridgehead atoms. The van der Waals surface area contributed by atoms with Crippen LogP contribution in [0.15, 0.2) is 77.9 Å². The highest BCUT2D eigenvalue weighted by Gasteiger charge is 2.49. The zero-order valence-electron chi connectivity index (χ0n) is 20.1. The standard InChI is InChI=1S/C27H25N3O6/c1-27(21-10-14-22(34-2)15-11-21)25(32)30(26(33)29-27)28-16-18-6-12-23(13-7-18)36-17-19-4-8-20(9-5-19)24(31)35-3/h4-16H,17H2,1-3H3,(H,29,33)/b28-16+. The van der Waals surface area contributed by atoms with Gasteiger partial charge in [0.1, 0.15) is 23.6 Å². The Bertz CT molecular complexity index is 1290. The number of hydrogen-bond acceptors (Lipinski definition) is 7. The average Bonchev–Trinajstić information content (AvgIpc) is 3.14. The number of nitrogens with zero attached hydrogens (tertiary/aromatic N) is 2. The second-order valence-electron chi connectivity index (χ2n) is 8.19. The lowest BCUT2D eigenvalue weighted by Gasteiger charge is -2.21. The molecule has 3 aromatic rings. The maximum atomic E-state index is 13.0. The van der Waals surface area contributed by atoms with Crippen molar-refractivity contribution in [3.05, 3.63) is 95.1 Å². The van der Waals surface area contributed by atoms with E-state index in [1.165, 1.54) is 13.3 Å². The summed E-state index contributed by atoms with van der Waals surface area (Å²) >= 11 is 0. The van der Waals surface area contributed by atoms with E-state index in [4.69, 9.17) is 14.2 Å². The zero-order chi connectivity index (χ0) is 25.7. The van der Waals surface area contributed by atoms with Gasteiger partial charge in [0.05, 0.1) is 26.0 Å². The van der Waals surface area contributed by atoms with Crippen molar-refractivity contribution in [1.29, 1.82) is 0 Å². The summed E-state index contributed by atoms with van der Waals surface area (Å²) < 4.78 is 15.6. The quantitative estimate of drug-likeness (QED) is 0.294. The van der Waals surface area contributed by atoms with Crippen LogP contribution < -0.4 is 14.8 Å². The average molecular weight is 488 g/mol. The summed E-state index contributed by atoms with van der Waals surface area (Å²) in [6, 6.07) is 20.3. The van der Waals surface area contributed by atoms with Crippen LogP contribution in [0.5, 0.6) is 11.5 Å². The van der Waals surface area contributed by atoms with Gasteiger partial charge in [0.25, 0.3) is 5.91 Å². The van der Waals surface area contributed by atoms with Gasteiger partial charge in [-0.15, -0.1) is 5.01 Å². The Morgan fingerprint density at radius 2 is 1.58 bits per heavy atom. The molecule has 9 nitrogen and oxygen atoms in total. The van der Waals surface area contributed by atoms with Gasteiger partial charge in [0.2, 0.25) is 0 Å². The van der Waals surface area contributed by atoms with Gasteiger partial charge < -0.3 is 19.5 Å². The normalized spacial score (nSPS) is 17.2. The molecule has 0 aliphatic carbocycles. The lowest BCUT2D eigenvalue weighted by atomic mass is 9.92. The molecule has 1 atom stereocenters. The van der Waals surface area contributed by atoms with Crippen molar-refractivity contribution in [3.63, 3.8) is 0 Å². The van der Waals surface area contributed by atoms with Crippen molar-refractivity contribution in [2.45, 2.75) is 19.1 Å². The van der Waals surface area contributed by atoms with Crippen molar-refractivity contribution >= 4 is 24.1 Å². The minimum absolute atomic E-state index is 0.321. The fourth-order valence-electron chi connectivity index (χ4n) is 3.65. The Balaban J connectivity index is 1.37. The Morgan fingerprint density at radius 3 is 2.19 bits per heavy atom. The van der Waals surface area contributed by atoms with Crippen LogP contribution >= 0.6 is 0 Å². The number of hydrogen-bond donors (Lipinski definition) is 1. The number of esters is 1. The van der Waals surface area contributed by atoms with Gasteiger partial charge in [-0.2, -0.15) is 5.10 Å². The van der Waals surface area contributed by atoms with Gasteiger partial charge in [-0.3, -0.25) is 4.79 Å². The number of hydrazone groups is 1. The molecule has 3 amide bonds. The number of imide groups is 1. The summed E-state index contributed by atoms with van der Waals surface area (Å²) in [5.41, 5.74) is 1.45. The molecule has 4 rings (SSSR count). The molecule has 0 spiro atoms. The third-order valence-electron chi connectivity index (χ3n) is 5.82. The van der Waals surface area contributed by atoms with Gasteiger partial charge in [-0.25, -0.2) is 9.59 Å². The van der Waals surface area contributed by atoms with Gasteiger partial charge in [0, 0.05) is 0 Å². The van der Waals surface area contributed by atoms with E-state index in [2.05, 4.69) is 10.4 Å². The van der Waals surface area contributed by atoms with Gasteiger partial charge in [-0.05, 0) is 72.1 Å².